The summed E-state index contributed by atoms with van der Waals surface area (Å²) in [7, 11) is 0. The molecule has 36 nitrogen and oxygen atoms in total. The van der Waals surface area contributed by atoms with Crippen LogP contribution in [0.3, 0.4) is 0 Å². The molecule has 694 valence electrons. The highest BCUT2D eigenvalue weighted by Crippen LogP contribution is 2.40. The first kappa shape index (κ1) is 97.4. The van der Waals surface area contributed by atoms with Gasteiger partial charge in [-0.25, -0.2) is 19.7 Å². The lowest BCUT2D eigenvalue weighted by atomic mass is 9.94. The average Bonchev–Trinajstić information content (AvgIpc) is 1.60. The van der Waals surface area contributed by atoms with E-state index in [9.17, 15) is 35.1 Å². The molecule has 15 aromatic rings. The molecule has 5 aliphatic rings. The lowest BCUT2D eigenvalue weighted by molar-refractivity contribution is -0.385. The minimum atomic E-state index is -0.962. The Hall–Kier alpha value is -15.1. The van der Waals surface area contributed by atoms with Crippen LogP contribution in [-0.4, -0.2) is 141 Å². The van der Waals surface area contributed by atoms with E-state index in [1.165, 1.54) is 165 Å². The minimum absolute atomic E-state index is 0.0142. The number of H-pyrrole nitrogens is 3. The Balaban J connectivity index is 0.000000139. The number of carbonyl (C=O) groups is 1. The highest BCUT2D eigenvalue weighted by Gasteiger charge is 2.27. The highest BCUT2D eigenvalue weighted by atomic mass is 127. The second-order valence-corrected chi connectivity index (χ2v) is 33.8. The largest absolute Gasteiger partial charge is 0.478 e. The number of aromatic carboxylic acids is 1. The Morgan fingerprint density at radius 3 is 1.31 bits per heavy atom. The summed E-state index contributed by atoms with van der Waals surface area (Å²) in [6, 6.07) is 63.0. The van der Waals surface area contributed by atoms with Crippen molar-refractivity contribution in [2.45, 2.75) is 209 Å². The molecule has 5 fully saturated rings. The van der Waals surface area contributed by atoms with Crippen molar-refractivity contribution in [3.8, 4) is 80.2 Å². The predicted octanol–water partition coefficient (Wildman–Crippen LogP) is 21.6. The normalized spacial score (nSPS) is 14.5. The number of anilines is 4. The summed E-state index contributed by atoms with van der Waals surface area (Å²) in [5, 5.41) is 111. The van der Waals surface area contributed by atoms with Gasteiger partial charge in [-0.3, -0.25) is 40.3 Å². The first-order valence-electron chi connectivity index (χ1n) is 45.7. The third-order valence-electron chi connectivity index (χ3n) is 23.8. The van der Waals surface area contributed by atoms with Gasteiger partial charge < -0.3 is 37.1 Å². The molecule has 0 atom stereocenters. The Labute approximate surface area is 792 Å². The molecule has 37 heteroatoms. The molecule has 6 aromatic heterocycles. The number of hydrogen-bond acceptors (Lipinski definition) is 28. The van der Waals surface area contributed by atoms with Crippen molar-refractivity contribution in [2.75, 3.05) is 21.7 Å². The zero-order valence-electron chi connectivity index (χ0n) is 75.1. The number of rotatable bonds is 18. The summed E-state index contributed by atoms with van der Waals surface area (Å²) in [4.78, 5) is 65.9. The number of nitro groups is 3. The summed E-state index contributed by atoms with van der Waals surface area (Å²) < 4.78 is 3.00. The van der Waals surface area contributed by atoms with Crippen LogP contribution in [0.4, 0.5) is 39.8 Å². The number of nitriles is 2. The Morgan fingerprint density at radius 1 is 0.452 bits per heavy atom. The third-order valence-corrected chi connectivity index (χ3v) is 24.7. The van der Waals surface area contributed by atoms with Crippen LogP contribution >= 0.6 is 22.6 Å². The van der Waals surface area contributed by atoms with Crippen molar-refractivity contribution in [3.63, 3.8) is 0 Å². The van der Waals surface area contributed by atoms with Crippen LogP contribution in [0.5, 0.6) is 0 Å². The standard InChI is InChI=1S/C28H24N8.C15H10N2O2.C13H16N6O2.C13H18N6.C13H15N3O2.C8H5IN2O2.C6H13N.C2H6/c1-3-7-18(8-4-1)25-17-29-23-16-20(11-13-22(23)30-25)28-31-24-15-19(27-32-34-35-33-27)12-14-26(24)36(28)21-9-5-2-6-10-21;18-15(19)11-6-7-12-13(8-11)16-9-14(17-12)10-4-2-1-3-5-10;20-19(21)12-8-9(13-15-17-18-16-13)6-7-11(12)14-10-4-2-1-3-5-10;14-11-8-9(13-16-18-19-17-13)6-7-12(11)15-10-4-2-1-3-5-10;14-9-10-6-7-12(13(8-10)16(17)18)15-11-4-2-1-3-5-11;9-4-7-2-1-6(5-10)3-8(7)11(12)13;7-6-4-2-1-3-5-6;1-2/h1,3-4,7-8,11-17,21H,2,5-6,9-10H2,(H,32,33,34,35);1-9H,(H,18,19);6-8,10,14H,1-5H2,(H,15,16,17,18);6-8,10,15H,1-5,14H2,(H,16,17,18,19);6-8,11,15H,1-5H2;1-3H,4H2;6H,1-5,7H2;1-2H3. The fourth-order valence-electron chi connectivity index (χ4n) is 16.9. The Bertz CT molecular complexity index is 6490. The zero-order chi connectivity index (χ0) is 94.8. The monoisotopic (exact) mass is 1930 g/mol. The fraction of sp³-hybridized carbons (Fsp3) is 0.337. The number of aromatic nitrogens is 18. The molecule has 6 heterocycles. The lowest BCUT2D eigenvalue weighted by Crippen LogP contribution is -2.22. The molecule has 0 spiro atoms. The van der Waals surface area contributed by atoms with Crippen LogP contribution in [0.15, 0.2) is 200 Å². The molecule has 0 radical (unpaired) electrons. The molecule has 0 bridgehead atoms. The van der Waals surface area contributed by atoms with Gasteiger partial charge in [-0.15, -0.1) is 30.6 Å². The van der Waals surface area contributed by atoms with E-state index >= 15 is 0 Å². The third kappa shape index (κ3) is 27.1. The quantitative estimate of drug-likeness (QED) is 0.0127. The van der Waals surface area contributed by atoms with E-state index in [-0.39, 0.29) is 27.5 Å². The van der Waals surface area contributed by atoms with Crippen LogP contribution in [0.2, 0.25) is 0 Å². The molecule has 135 heavy (non-hydrogen) atoms. The fourth-order valence-corrected chi connectivity index (χ4v) is 17.5. The summed E-state index contributed by atoms with van der Waals surface area (Å²) in [6.45, 7) is 4.00. The van der Waals surface area contributed by atoms with E-state index in [1.54, 1.807) is 48.7 Å². The molecule has 0 unspecified atom stereocenters. The van der Waals surface area contributed by atoms with Crippen LogP contribution in [0, 0.1) is 53.0 Å². The first-order valence-corrected chi connectivity index (χ1v) is 47.2. The van der Waals surface area contributed by atoms with Gasteiger partial charge in [-0.05, 0) is 183 Å². The van der Waals surface area contributed by atoms with Crippen LogP contribution < -0.4 is 27.4 Å². The van der Waals surface area contributed by atoms with Crippen molar-refractivity contribution in [3.05, 3.63) is 253 Å². The number of nitrogens with one attached hydrogen (secondary N) is 6. The number of carboxylic acid groups (broad SMARTS) is 1. The topological polar surface area (TPSA) is 535 Å². The van der Waals surface area contributed by atoms with Crippen molar-refractivity contribution in [1.29, 1.82) is 10.5 Å². The number of imidazole rings is 1. The zero-order valence-corrected chi connectivity index (χ0v) is 77.3. The lowest BCUT2D eigenvalue weighted by Gasteiger charge is -2.25. The number of nitrogens with zero attached hydrogens (tertiary/aromatic N) is 20. The highest BCUT2D eigenvalue weighted by molar-refractivity contribution is 14.1. The summed E-state index contributed by atoms with van der Waals surface area (Å²) >= 11 is 2.05. The maximum atomic E-state index is 11.3. The van der Waals surface area contributed by atoms with Gasteiger partial charge in [0.25, 0.3) is 17.1 Å². The van der Waals surface area contributed by atoms with Gasteiger partial charge in [0.1, 0.15) is 17.2 Å². The van der Waals surface area contributed by atoms with E-state index < -0.39 is 15.8 Å². The molecule has 0 amide bonds. The van der Waals surface area contributed by atoms with Crippen LogP contribution in [0.1, 0.15) is 207 Å². The Kier molecular flexibility index (Phi) is 35.6. The average molecular weight is 1930 g/mol. The summed E-state index contributed by atoms with van der Waals surface area (Å²) in [5.41, 5.74) is 28.2. The smallest absolute Gasteiger partial charge is 0.335 e. The summed E-state index contributed by atoms with van der Waals surface area (Å²) in [5.74, 6) is 1.49. The van der Waals surface area contributed by atoms with Gasteiger partial charge in [0.15, 0.2) is 0 Å². The van der Waals surface area contributed by atoms with Crippen molar-refractivity contribution in [2.24, 2.45) is 5.73 Å². The minimum Gasteiger partial charge on any atom is -0.478 e. The van der Waals surface area contributed by atoms with Gasteiger partial charge in [0, 0.05) is 91.8 Å². The number of hydrogen-bond donors (Lipinski definition) is 9. The SMILES string of the molecule is CC.N#Cc1ccc(CI)c([N+](=O)[O-])c1.N#Cc1ccc(NC2CCCCC2)c([N+](=O)[O-])c1.NC1CCCCC1.Nc1cc(-c2nn[nH]n2)ccc1NC1CCCCC1.O=C(O)c1ccc2nc(-c3ccccc3)cnc2c1.O=[N+]([O-])c1cc(-c2nn[nH]n2)ccc1NC1CCCCC1.c1ccc(-c2cnc3cc(-c4nc5cc(-c6nn[nH]n6)ccc5n4C4CCCCC4)ccc3n2)cc1. The number of carboxylic acids is 1. The number of nitrogens with two attached hydrogens (primary N) is 2. The van der Waals surface area contributed by atoms with Gasteiger partial charge in [-0.2, -0.15) is 26.2 Å². The second-order valence-electron chi connectivity index (χ2n) is 33.0. The number of fused-ring (bicyclic) bond motifs is 3. The van der Waals surface area contributed by atoms with Crippen molar-refractivity contribution < 1.29 is 24.7 Å². The number of tetrazole rings is 3. The van der Waals surface area contributed by atoms with Crippen LogP contribution in [-0.2, 0) is 4.43 Å². The van der Waals surface area contributed by atoms with E-state index in [1.807, 2.05) is 122 Å². The van der Waals surface area contributed by atoms with E-state index in [2.05, 4.69) is 141 Å². The Morgan fingerprint density at radius 2 is 0.859 bits per heavy atom. The number of nitrogen functional groups attached to an aromatic ring is 1. The number of benzene rings is 9. The molecular weight excluding hydrogens is 1820 g/mol. The van der Waals surface area contributed by atoms with Crippen LogP contribution in [0.25, 0.3) is 101 Å². The predicted molar refractivity (Wildman–Crippen MR) is 528 cm³/mol. The number of halogens is 1. The van der Waals surface area contributed by atoms with E-state index in [0.717, 1.165) is 104 Å². The number of nitro benzene ring substituents is 3. The summed E-state index contributed by atoms with van der Waals surface area (Å²) in [6.07, 6.45) is 34.1. The van der Waals surface area contributed by atoms with Gasteiger partial charge in [-0.1, -0.05) is 199 Å². The number of alkyl halides is 1. The molecule has 5 saturated carbocycles. The molecule has 20 rings (SSSR count). The molecular formula is C98H107IN28O8. The second kappa shape index (κ2) is 49.4. The first-order chi connectivity index (χ1) is 65.9. The molecule has 0 aliphatic heterocycles. The van der Waals surface area contributed by atoms with E-state index in [0.29, 0.717) is 96.8 Å². The van der Waals surface area contributed by atoms with Crippen molar-refractivity contribution in [1.82, 2.24) is 91.4 Å². The molecule has 5 aliphatic carbocycles. The molecule has 11 N–H and O–H groups in total. The molecule has 0 saturated heterocycles. The van der Waals surface area contributed by atoms with Gasteiger partial charge in [0.2, 0.25) is 17.5 Å². The van der Waals surface area contributed by atoms with Crippen molar-refractivity contribution >= 4 is 101 Å². The van der Waals surface area contributed by atoms with Gasteiger partial charge >= 0.3 is 5.97 Å². The maximum Gasteiger partial charge on any atom is 0.335 e. The van der Waals surface area contributed by atoms with E-state index in [4.69, 9.17) is 42.0 Å². The number of aromatic amines is 3. The molecule has 9 aromatic carbocycles. The van der Waals surface area contributed by atoms with Gasteiger partial charge in [0.05, 0.1) is 112 Å². The maximum absolute atomic E-state index is 11.3.